The number of hydrogen-bond donors (Lipinski definition) is 2. The van der Waals surface area contributed by atoms with Crippen molar-refractivity contribution in [2.45, 2.75) is 18.8 Å². The van der Waals surface area contributed by atoms with Gasteiger partial charge in [-0.1, -0.05) is 6.07 Å². The minimum absolute atomic E-state index is 0.244. The zero-order valence-corrected chi connectivity index (χ0v) is 15.6. The van der Waals surface area contributed by atoms with Crippen molar-refractivity contribution in [3.05, 3.63) is 29.5 Å². The molecular weight excluding hydrogens is 358 g/mol. The van der Waals surface area contributed by atoms with Crippen molar-refractivity contribution in [3.8, 4) is 28.7 Å². The third-order valence-corrected chi connectivity index (χ3v) is 5.36. The first-order valence-electron chi connectivity index (χ1n) is 9.11. The molecule has 2 bridgehead atoms. The number of aromatic nitrogens is 1. The number of hydrogen-bond acceptors (Lipinski definition) is 7. The summed E-state index contributed by atoms with van der Waals surface area (Å²) in [5.41, 5.74) is 15.2. The number of nitriles is 1. The number of nitrogens with two attached hydrogens (primary N) is 2. The smallest absolute Gasteiger partial charge is 0.255 e. The van der Waals surface area contributed by atoms with Gasteiger partial charge in [-0.15, -0.1) is 0 Å². The third-order valence-electron chi connectivity index (χ3n) is 5.36. The molecule has 0 spiro atoms. The predicted molar refractivity (Wildman–Crippen MR) is 104 cm³/mol. The van der Waals surface area contributed by atoms with E-state index < -0.39 is 5.91 Å². The van der Waals surface area contributed by atoms with Crippen molar-refractivity contribution in [2.24, 2.45) is 5.73 Å². The van der Waals surface area contributed by atoms with Gasteiger partial charge >= 0.3 is 0 Å². The van der Waals surface area contributed by atoms with E-state index in [2.05, 4.69) is 16.0 Å². The van der Waals surface area contributed by atoms with Crippen LogP contribution in [-0.4, -0.2) is 37.7 Å². The monoisotopic (exact) mass is 379 g/mol. The van der Waals surface area contributed by atoms with E-state index in [4.69, 9.17) is 20.9 Å². The lowest BCUT2D eigenvalue weighted by Gasteiger charge is -2.42. The van der Waals surface area contributed by atoms with Crippen LogP contribution >= 0.6 is 0 Å². The number of carbonyl (C=O) groups excluding carboxylic acids is 1. The van der Waals surface area contributed by atoms with Crippen molar-refractivity contribution in [1.29, 1.82) is 5.26 Å². The Morgan fingerprint density at radius 2 is 2.11 bits per heavy atom. The van der Waals surface area contributed by atoms with Crippen LogP contribution in [0, 0.1) is 11.3 Å². The van der Waals surface area contributed by atoms with Gasteiger partial charge in [-0.05, 0) is 30.5 Å². The Morgan fingerprint density at radius 3 is 2.75 bits per heavy atom. The highest BCUT2D eigenvalue weighted by Gasteiger charge is 2.36. The molecule has 1 aromatic heterocycles. The van der Waals surface area contributed by atoms with E-state index in [-0.39, 0.29) is 12.4 Å². The summed E-state index contributed by atoms with van der Waals surface area (Å²) in [5.74, 6) is 0.897. The van der Waals surface area contributed by atoms with Crippen LogP contribution in [0.25, 0.3) is 11.1 Å². The Kier molecular flexibility index (Phi) is 4.43. The maximum Gasteiger partial charge on any atom is 0.255 e. The van der Waals surface area contributed by atoms with E-state index in [9.17, 15) is 10.1 Å². The number of carbonyl (C=O) groups is 1. The standard InChI is InChI=1S/C20H21N5O3/c1-27-15-8-12(2-3-14(15)28-10-16(22)26)17-13(9-21)20(23)24-18-11-4-6-25(7-5-11)19(17)18/h2-3,8,11H,4-7,10H2,1H3,(H2,22,26)(H2,23,24). The minimum atomic E-state index is -0.572. The summed E-state index contributed by atoms with van der Waals surface area (Å²) in [4.78, 5) is 17.9. The average Bonchev–Trinajstić information content (AvgIpc) is 2.71. The summed E-state index contributed by atoms with van der Waals surface area (Å²) < 4.78 is 10.8. The molecule has 144 valence electrons. The zero-order valence-electron chi connectivity index (χ0n) is 15.6. The second-order valence-electron chi connectivity index (χ2n) is 6.97. The SMILES string of the molecule is COc1cc(-c2c(C#N)c(N)nc3c2N2CCC3CC2)ccc1OCC(N)=O. The highest BCUT2D eigenvalue weighted by Crippen LogP contribution is 2.49. The quantitative estimate of drug-likeness (QED) is 0.810. The maximum absolute atomic E-state index is 11.0. The number of benzene rings is 1. The maximum atomic E-state index is 11.0. The highest BCUT2D eigenvalue weighted by atomic mass is 16.5. The van der Waals surface area contributed by atoms with Gasteiger partial charge in [-0.3, -0.25) is 4.79 Å². The van der Waals surface area contributed by atoms with Gasteiger partial charge in [-0.2, -0.15) is 5.26 Å². The van der Waals surface area contributed by atoms with Gasteiger partial charge in [0.2, 0.25) is 0 Å². The fourth-order valence-electron chi connectivity index (χ4n) is 4.08. The molecule has 0 aliphatic carbocycles. The Labute approximate surface area is 162 Å². The number of nitrogen functional groups attached to an aromatic ring is 1. The summed E-state index contributed by atoms with van der Waals surface area (Å²) in [7, 11) is 1.52. The van der Waals surface area contributed by atoms with Crippen LogP contribution in [0.4, 0.5) is 11.5 Å². The molecular formula is C20H21N5O3. The fraction of sp³-hybridized carbons (Fsp3) is 0.350. The number of primary amides is 1. The fourth-order valence-corrected chi connectivity index (χ4v) is 4.08. The molecule has 0 saturated carbocycles. The molecule has 1 fully saturated rings. The normalized spacial score (nSPS) is 15.1. The number of rotatable bonds is 5. The molecule has 4 heterocycles. The number of methoxy groups -OCH3 is 1. The van der Waals surface area contributed by atoms with Crippen LogP contribution in [0.15, 0.2) is 18.2 Å². The van der Waals surface area contributed by atoms with Gasteiger partial charge in [0.1, 0.15) is 17.5 Å². The van der Waals surface area contributed by atoms with Gasteiger partial charge < -0.3 is 25.8 Å². The van der Waals surface area contributed by atoms with Crippen LogP contribution in [0.2, 0.25) is 0 Å². The zero-order chi connectivity index (χ0) is 19.8. The Balaban J connectivity index is 1.88. The van der Waals surface area contributed by atoms with Crippen LogP contribution in [-0.2, 0) is 4.79 Å². The van der Waals surface area contributed by atoms with Crippen molar-refractivity contribution in [1.82, 2.24) is 4.98 Å². The van der Waals surface area contributed by atoms with Crippen LogP contribution in [0.1, 0.15) is 30.0 Å². The molecule has 1 saturated heterocycles. The first-order chi connectivity index (χ1) is 13.5. The summed E-state index contributed by atoms with van der Waals surface area (Å²) in [5, 5.41) is 9.76. The van der Waals surface area contributed by atoms with Crippen LogP contribution in [0.5, 0.6) is 11.5 Å². The molecule has 3 aliphatic heterocycles. The molecule has 5 rings (SSSR count). The number of fused-ring (bicyclic) bond motifs is 2. The van der Waals surface area contributed by atoms with E-state index in [1.807, 2.05) is 6.07 Å². The van der Waals surface area contributed by atoms with Gasteiger partial charge in [0, 0.05) is 24.6 Å². The van der Waals surface area contributed by atoms with Gasteiger partial charge in [0.15, 0.2) is 18.1 Å². The lowest BCUT2D eigenvalue weighted by atomic mass is 9.83. The number of amides is 1. The molecule has 3 aliphatic rings. The molecule has 0 radical (unpaired) electrons. The Morgan fingerprint density at radius 1 is 1.36 bits per heavy atom. The second-order valence-corrected chi connectivity index (χ2v) is 6.97. The van der Waals surface area contributed by atoms with Crippen molar-refractivity contribution in [3.63, 3.8) is 0 Å². The number of piperidine rings is 1. The Hall–Kier alpha value is -3.47. The average molecular weight is 379 g/mol. The third kappa shape index (κ3) is 2.85. The summed E-state index contributed by atoms with van der Waals surface area (Å²) >= 11 is 0. The van der Waals surface area contributed by atoms with E-state index in [1.165, 1.54) is 7.11 Å². The van der Waals surface area contributed by atoms with E-state index in [0.29, 0.717) is 23.0 Å². The van der Waals surface area contributed by atoms with Crippen molar-refractivity contribution >= 4 is 17.4 Å². The summed E-state index contributed by atoms with van der Waals surface area (Å²) in [6.07, 6.45) is 2.10. The molecule has 8 heteroatoms. The first kappa shape index (κ1) is 17.9. The van der Waals surface area contributed by atoms with Crippen LogP contribution < -0.4 is 25.8 Å². The van der Waals surface area contributed by atoms with Gasteiger partial charge in [0.05, 0.1) is 18.5 Å². The lowest BCUT2D eigenvalue weighted by molar-refractivity contribution is -0.119. The molecule has 28 heavy (non-hydrogen) atoms. The van der Waals surface area contributed by atoms with Crippen molar-refractivity contribution in [2.75, 3.05) is 37.4 Å². The van der Waals surface area contributed by atoms with Crippen LogP contribution in [0.3, 0.4) is 0 Å². The second kappa shape index (κ2) is 6.93. The molecule has 8 nitrogen and oxygen atoms in total. The van der Waals surface area contributed by atoms with E-state index in [1.54, 1.807) is 12.1 Å². The van der Waals surface area contributed by atoms with E-state index >= 15 is 0 Å². The van der Waals surface area contributed by atoms with Gasteiger partial charge in [0.25, 0.3) is 5.91 Å². The minimum Gasteiger partial charge on any atom is -0.493 e. The Bertz CT molecular complexity index is 990. The molecule has 4 N–H and O–H groups in total. The number of pyridine rings is 1. The summed E-state index contributed by atoms with van der Waals surface area (Å²) in [6.45, 7) is 1.64. The van der Waals surface area contributed by atoms with Crippen molar-refractivity contribution < 1.29 is 14.3 Å². The molecule has 1 amide bonds. The predicted octanol–water partition coefficient (Wildman–Crippen LogP) is 1.77. The largest absolute Gasteiger partial charge is 0.493 e. The molecule has 0 unspecified atom stereocenters. The summed E-state index contributed by atoms with van der Waals surface area (Å²) in [6, 6.07) is 7.54. The topological polar surface area (TPSA) is 127 Å². The first-order valence-corrected chi connectivity index (χ1v) is 9.11. The van der Waals surface area contributed by atoms with Gasteiger partial charge in [-0.25, -0.2) is 4.98 Å². The number of nitrogens with zero attached hydrogens (tertiary/aromatic N) is 3. The molecule has 0 atom stereocenters. The molecule has 1 aromatic carbocycles. The lowest BCUT2D eigenvalue weighted by Crippen LogP contribution is -2.40. The van der Waals surface area contributed by atoms with E-state index in [0.717, 1.165) is 48.4 Å². The molecule has 2 aromatic rings. The number of anilines is 2. The number of ether oxygens (including phenoxy) is 2. The highest BCUT2D eigenvalue weighted by molar-refractivity contribution is 5.90.